The molecule has 5 heteroatoms. The molecule has 2 aliphatic rings. The predicted molar refractivity (Wildman–Crippen MR) is 70.4 cm³/mol. The number of aldehydes is 1. The van der Waals surface area contributed by atoms with E-state index in [4.69, 9.17) is 7.85 Å². The largest absolute Gasteiger partial charge is 0.340 e. The topological polar surface area (TPSA) is 49.4 Å². The highest BCUT2D eigenvalue weighted by atomic mass is 16.2. The van der Waals surface area contributed by atoms with Crippen molar-refractivity contribution >= 4 is 20.0 Å². The van der Waals surface area contributed by atoms with Gasteiger partial charge in [0.05, 0.1) is 13.9 Å². The summed E-state index contributed by atoms with van der Waals surface area (Å²) in [7, 11) is 5.51. The Morgan fingerprint density at radius 1 is 1.44 bits per heavy atom. The van der Waals surface area contributed by atoms with E-state index in [1.165, 1.54) is 0 Å². The summed E-state index contributed by atoms with van der Waals surface area (Å²) < 4.78 is 0. The van der Waals surface area contributed by atoms with Crippen LogP contribution in [-0.2, 0) is 9.59 Å². The van der Waals surface area contributed by atoms with Crippen molar-refractivity contribution in [3.63, 3.8) is 0 Å². The summed E-state index contributed by atoms with van der Waals surface area (Å²) in [5, 5.41) is 3.22. The highest BCUT2D eigenvalue weighted by Gasteiger charge is 2.37. The standard InChI is InChI=1S/C13H21BN2O2/c14-5-1-3-10-7-16(8-11(10)9-17)13(18)12-4-2-6-15-12/h9-12,15H,1-8H2/t10-,11-,12?/m0/s1. The molecular weight excluding hydrogens is 227 g/mol. The summed E-state index contributed by atoms with van der Waals surface area (Å²) in [5.41, 5.74) is 0. The number of rotatable bonds is 5. The van der Waals surface area contributed by atoms with Gasteiger partial charge in [-0.05, 0) is 31.7 Å². The van der Waals surface area contributed by atoms with Gasteiger partial charge in [-0.2, -0.15) is 0 Å². The zero-order chi connectivity index (χ0) is 13.0. The Labute approximate surface area is 110 Å². The molecule has 18 heavy (non-hydrogen) atoms. The van der Waals surface area contributed by atoms with Crippen molar-refractivity contribution in [1.29, 1.82) is 0 Å². The van der Waals surface area contributed by atoms with Crippen LogP contribution in [0.4, 0.5) is 0 Å². The first-order valence-corrected chi connectivity index (χ1v) is 6.93. The molecule has 98 valence electrons. The molecule has 2 radical (unpaired) electrons. The average molecular weight is 248 g/mol. The molecule has 0 saturated carbocycles. The zero-order valence-electron chi connectivity index (χ0n) is 10.8. The third-order valence-corrected chi connectivity index (χ3v) is 4.12. The summed E-state index contributed by atoms with van der Waals surface area (Å²) in [6.07, 6.45) is 5.53. The minimum Gasteiger partial charge on any atom is -0.340 e. The van der Waals surface area contributed by atoms with Crippen molar-refractivity contribution in [2.24, 2.45) is 11.8 Å². The fourth-order valence-electron chi connectivity index (χ4n) is 3.03. The first-order valence-electron chi connectivity index (χ1n) is 6.93. The van der Waals surface area contributed by atoms with Crippen LogP contribution in [0.5, 0.6) is 0 Å². The lowest BCUT2D eigenvalue weighted by Gasteiger charge is -2.20. The molecule has 0 bridgehead atoms. The van der Waals surface area contributed by atoms with Gasteiger partial charge < -0.3 is 15.0 Å². The number of nitrogens with one attached hydrogen (secondary N) is 1. The third kappa shape index (κ3) is 2.94. The quantitative estimate of drug-likeness (QED) is 0.565. The molecule has 2 rings (SSSR count). The molecule has 3 atom stereocenters. The van der Waals surface area contributed by atoms with Gasteiger partial charge in [0.25, 0.3) is 0 Å². The van der Waals surface area contributed by atoms with Crippen LogP contribution in [0.2, 0.25) is 6.32 Å². The summed E-state index contributed by atoms with van der Waals surface area (Å²) in [4.78, 5) is 25.2. The summed E-state index contributed by atoms with van der Waals surface area (Å²) in [5.74, 6) is 0.480. The molecule has 1 amide bonds. The molecule has 0 aliphatic carbocycles. The molecule has 2 heterocycles. The van der Waals surface area contributed by atoms with Crippen molar-refractivity contribution in [3.8, 4) is 0 Å². The van der Waals surface area contributed by atoms with Crippen LogP contribution >= 0.6 is 0 Å². The molecule has 0 aromatic heterocycles. The first-order chi connectivity index (χ1) is 8.76. The van der Waals surface area contributed by atoms with Gasteiger partial charge in [-0.15, -0.1) is 0 Å². The van der Waals surface area contributed by atoms with E-state index in [0.29, 0.717) is 18.8 Å². The van der Waals surface area contributed by atoms with Gasteiger partial charge in [0.1, 0.15) is 6.29 Å². The number of carbonyl (C=O) groups excluding carboxylic acids is 2. The highest BCUT2D eigenvalue weighted by molar-refractivity contribution is 6.08. The summed E-state index contributed by atoms with van der Waals surface area (Å²) in [6, 6.07) is -0.0226. The molecule has 2 saturated heterocycles. The lowest BCUT2D eigenvalue weighted by atomic mass is 9.89. The van der Waals surface area contributed by atoms with E-state index in [1.54, 1.807) is 0 Å². The minimum atomic E-state index is -0.0226. The molecule has 0 aromatic carbocycles. The van der Waals surface area contributed by atoms with E-state index in [0.717, 1.165) is 45.1 Å². The second kappa shape index (κ2) is 6.37. The van der Waals surface area contributed by atoms with Gasteiger partial charge >= 0.3 is 0 Å². The molecule has 0 aromatic rings. The van der Waals surface area contributed by atoms with E-state index < -0.39 is 0 Å². The second-order valence-electron chi connectivity index (χ2n) is 5.38. The number of nitrogens with zero attached hydrogens (tertiary/aromatic N) is 1. The Hall–Kier alpha value is -0.835. The van der Waals surface area contributed by atoms with Crippen molar-refractivity contribution in [1.82, 2.24) is 10.2 Å². The number of hydrogen-bond donors (Lipinski definition) is 1. The molecule has 2 aliphatic heterocycles. The minimum absolute atomic E-state index is 0.00176. The van der Waals surface area contributed by atoms with Crippen LogP contribution in [0.1, 0.15) is 25.7 Å². The Morgan fingerprint density at radius 3 is 2.89 bits per heavy atom. The number of hydrogen-bond acceptors (Lipinski definition) is 3. The van der Waals surface area contributed by atoms with E-state index in [1.807, 2.05) is 4.90 Å². The van der Waals surface area contributed by atoms with Gasteiger partial charge in [0.2, 0.25) is 5.91 Å². The lowest BCUT2D eigenvalue weighted by molar-refractivity contribution is -0.132. The van der Waals surface area contributed by atoms with Crippen LogP contribution < -0.4 is 5.32 Å². The fourth-order valence-corrected chi connectivity index (χ4v) is 3.03. The zero-order valence-corrected chi connectivity index (χ0v) is 10.8. The second-order valence-corrected chi connectivity index (χ2v) is 5.38. The van der Waals surface area contributed by atoms with Crippen molar-refractivity contribution in [2.75, 3.05) is 19.6 Å². The number of amides is 1. The predicted octanol–water partition coefficient (Wildman–Crippen LogP) is 0.379. The molecule has 1 unspecified atom stereocenters. The van der Waals surface area contributed by atoms with Crippen LogP contribution in [0.15, 0.2) is 0 Å². The van der Waals surface area contributed by atoms with Gasteiger partial charge in [0, 0.05) is 19.0 Å². The maximum atomic E-state index is 12.3. The van der Waals surface area contributed by atoms with E-state index in [9.17, 15) is 9.59 Å². The smallest absolute Gasteiger partial charge is 0.239 e. The first kappa shape index (κ1) is 13.6. The Morgan fingerprint density at radius 2 is 2.28 bits per heavy atom. The van der Waals surface area contributed by atoms with Crippen molar-refractivity contribution in [2.45, 2.75) is 38.0 Å². The normalized spacial score (nSPS) is 31.8. The summed E-state index contributed by atoms with van der Waals surface area (Å²) >= 11 is 0. The SMILES string of the molecule is [B]CCC[C@H]1CN(C(=O)C2CCCN2)C[C@H]1C=O. The molecule has 2 fully saturated rings. The Balaban J connectivity index is 1.90. The third-order valence-electron chi connectivity index (χ3n) is 4.12. The van der Waals surface area contributed by atoms with Gasteiger partial charge in [-0.3, -0.25) is 4.79 Å². The van der Waals surface area contributed by atoms with E-state index in [-0.39, 0.29) is 17.9 Å². The molecule has 0 spiro atoms. The molecule has 1 N–H and O–H groups in total. The number of carbonyl (C=O) groups is 2. The van der Waals surface area contributed by atoms with Crippen molar-refractivity contribution < 1.29 is 9.59 Å². The molecular formula is C13H21BN2O2. The van der Waals surface area contributed by atoms with Gasteiger partial charge in [-0.25, -0.2) is 0 Å². The monoisotopic (exact) mass is 248 g/mol. The van der Waals surface area contributed by atoms with Crippen LogP contribution in [0.25, 0.3) is 0 Å². The lowest BCUT2D eigenvalue weighted by Crippen LogP contribution is -2.42. The van der Waals surface area contributed by atoms with Crippen molar-refractivity contribution in [3.05, 3.63) is 0 Å². The highest BCUT2D eigenvalue weighted by Crippen LogP contribution is 2.27. The number of likely N-dealkylation sites (tertiary alicyclic amines) is 1. The Kier molecular flexibility index (Phi) is 4.81. The van der Waals surface area contributed by atoms with Gasteiger partial charge in [-0.1, -0.05) is 12.7 Å². The maximum Gasteiger partial charge on any atom is 0.239 e. The van der Waals surface area contributed by atoms with Crippen LogP contribution in [0, 0.1) is 11.8 Å². The molecule has 4 nitrogen and oxygen atoms in total. The average Bonchev–Trinajstić information content (AvgIpc) is 3.04. The van der Waals surface area contributed by atoms with Crippen LogP contribution in [0.3, 0.4) is 0 Å². The maximum absolute atomic E-state index is 12.3. The van der Waals surface area contributed by atoms with E-state index >= 15 is 0 Å². The summed E-state index contributed by atoms with van der Waals surface area (Å²) in [6.45, 7) is 2.24. The Bertz CT molecular complexity index is 305. The fraction of sp³-hybridized carbons (Fsp3) is 0.846. The van der Waals surface area contributed by atoms with Crippen LogP contribution in [-0.4, -0.2) is 50.6 Å². The van der Waals surface area contributed by atoms with Gasteiger partial charge in [0.15, 0.2) is 0 Å². The van der Waals surface area contributed by atoms with E-state index in [2.05, 4.69) is 5.32 Å².